The third-order valence-electron chi connectivity index (χ3n) is 6.58. The van der Waals surface area contributed by atoms with Crippen LogP contribution in [0.4, 0.5) is 0 Å². The predicted octanol–water partition coefficient (Wildman–Crippen LogP) is 2.98. The van der Waals surface area contributed by atoms with E-state index in [2.05, 4.69) is 17.6 Å². The van der Waals surface area contributed by atoms with Gasteiger partial charge in [0, 0.05) is 30.5 Å². The number of benzene rings is 1. The van der Waals surface area contributed by atoms with E-state index in [9.17, 15) is 0 Å². The minimum absolute atomic E-state index is 0.0478. The molecule has 1 saturated heterocycles. The molecule has 28 heavy (non-hydrogen) atoms. The van der Waals surface area contributed by atoms with Crippen LogP contribution in [-0.4, -0.2) is 51.0 Å². The van der Waals surface area contributed by atoms with Crippen LogP contribution in [0.1, 0.15) is 39.5 Å². The zero-order chi connectivity index (χ0) is 19.6. The molecule has 6 nitrogen and oxygen atoms in total. The van der Waals surface area contributed by atoms with Crippen molar-refractivity contribution in [2.75, 3.05) is 26.8 Å². The van der Waals surface area contributed by atoms with Gasteiger partial charge in [0.15, 0.2) is 17.5 Å². The number of methoxy groups -OCH3 is 1. The smallest absolute Gasteiger partial charge is 0.191 e. The Balaban J connectivity index is 1.38. The first-order chi connectivity index (χ1) is 13.7. The van der Waals surface area contributed by atoms with E-state index in [4.69, 9.17) is 19.2 Å². The van der Waals surface area contributed by atoms with Crippen molar-refractivity contribution in [3.05, 3.63) is 24.3 Å². The number of aliphatic imine (C=N–C) groups is 1. The fraction of sp³-hybridized carbons (Fsp3) is 0.682. The molecule has 6 heteroatoms. The van der Waals surface area contributed by atoms with Crippen LogP contribution in [0.3, 0.4) is 0 Å². The maximum Gasteiger partial charge on any atom is 0.191 e. The number of fused-ring (bicyclic) bond motifs is 2. The van der Waals surface area contributed by atoms with E-state index in [0.29, 0.717) is 30.0 Å². The first-order valence-electron chi connectivity index (χ1n) is 10.6. The summed E-state index contributed by atoms with van der Waals surface area (Å²) in [5.74, 6) is 3.02. The minimum atomic E-state index is -0.0478. The number of hydrogen-bond donors (Lipinski definition) is 2. The molecule has 1 spiro atoms. The Labute approximate surface area is 168 Å². The van der Waals surface area contributed by atoms with Crippen LogP contribution in [0, 0.1) is 11.3 Å². The van der Waals surface area contributed by atoms with Crippen molar-refractivity contribution in [2.45, 2.75) is 57.8 Å². The summed E-state index contributed by atoms with van der Waals surface area (Å²) in [6.07, 6.45) is 5.46. The summed E-state index contributed by atoms with van der Waals surface area (Å²) in [7, 11) is 1.66. The van der Waals surface area contributed by atoms with Gasteiger partial charge in [0.2, 0.25) is 0 Å². The zero-order valence-corrected chi connectivity index (χ0v) is 17.2. The minimum Gasteiger partial charge on any atom is -0.493 e. The highest BCUT2D eigenvalue weighted by molar-refractivity contribution is 5.80. The molecular formula is C22H33N3O3. The molecule has 1 aromatic carbocycles. The molecule has 2 saturated carbocycles. The van der Waals surface area contributed by atoms with Crippen molar-refractivity contribution in [1.82, 2.24) is 10.6 Å². The van der Waals surface area contributed by atoms with Crippen LogP contribution in [-0.2, 0) is 4.74 Å². The third-order valence-corrected chi connectivity index (χ3v) is 6.58. The summed E-state index contributed by atoms with van der Waals surface area (Å²) >= 11 is 0. The average molecular weight is 388 g/mol. The van der Waals surface area contributed by atoms with Crippen molar-refractivity contribution in [1.29, 1.82) is 0 Å². The number of hydrogen-bond acceptors (Lipinski definition) is 4. The van der Waals surface area contributed by atoms with Crippen LogP contribution in [0.25, 0.3) is 0 Å². The highest BCUT2D eigenvalue weighted by Crippen LogP contribution is 2.62. The lowest BCUT2D eigenvalue weighted by Crippen LogP contribution is -2.72. The van der Waals surface area contributed by atoms with Gasteiger partial charge < -0.3 is 24.8 Å². The first-order valence-corrected chi connectivity index (χ1v) is 10.6. The third kappa shape index (κ3) is 3.43. The molecule has 4 rings (SSSR count). The SMILES string of the molecule is CCNC(=NCC(C)Oc1ccccc1OC)NC1C2CCOC2C12CCC2. The molecule has 2 aliphatic carbocycles. The average Bonchev–Trinajstić information content (AvgIpc) is 3.08. The van der Waals surface area contributed by atoms with Crippen LogP contribution < -0.4 is 20.1 Å². The standard InChI is InChI=1S/C22H33N3O3/c1-4-23-21(24-14-15(2)28-18-9-6-5-8-17(18)26-3)25-19-16-10-13-27-20(16)22(19)11-7-12-22/h5-6,8-9,15-16,19-20H,4,7,10-14H2,1-3H3,(H2,23,24,25). The van der Waals surface area contributed by atoms with Gasteiger partial charge in [-0.25, -0.2) is 4.99 Å². The monoisotopic (exact) mass is 387 g/mol. The largest absolute Gasteiger partial charge is 0.493 e. The molecule has 4 unspecified atom stereocenters. The molecule has 1 aliphatic heterocycles. The van der Waals surface area contributed by atoms with Crippen LogP contribution >= 0.6 is 0 Å². The van der Waals surface area contributed by atoms with E-state index >= 15 is 0 Å². The van der Waals surface area contributed by atoms with E-state index in [1.807, 2.05) is 31.2 Å². The fourth-order valence-corrected chi connectivity index (χ4v) is 5.11. The van der Waals surface area contributed by atoms with Gasteiger partial charge in [-0.1, -0.05) is 18.6 Å². The Morgan fingerprint density at radius 3 is 2.79 bits per heavy atom. The van der Waals surface area contributed by atoms with Gasteiger partial charge in [-0.3, -0.25) is 0 Å². The number of ether oxygens (including phenoxy) is 3. The molecule has 154 valence electrons. The van der Waals surface area contributed by atoms with Gasteiger partial charge in [0.05, 0.1) is 19.8 Å². The van der Waals surface area contributed by atoms with E-state index in [-0.39, 0.29) is 6.10 Å². The van der Waals surface area contributed by atoms with Gasteiger partial charge in [0.1, 0.15) is 6.10 Å². The summed E-state index contributed by atoms with van der Waals surface area (Å²) in [5.41, 5.74) is 0.344. The molecule has 1 aromatic rings. The van der Waals surface area contributed by atoms with Gasteiger partial charge >= 0.3 is 0 Å². The van der Waals surface area contributed by atoms with E-state index in [1.165, 1.54) is 19.3 Å². The molecule has 0 radical (unpaired) electrons. The normalized spacial score (nSPS) is 28.7. The van der Waals surface area contributed by atoms with E-state index < -0.39 is 0 Å². The maximum absolute atomic E-state index is 6.05. The van der Waals surface area contributed by atoms with Crippen molar-refractivity contribution in [3.8, 4) is 11.5 Å². The molecule has 3 fully saturated rings. The number of guanidine groups is 1. The molecule has 0 amide bonds. The molecule has 1 heterocycles. The van der Waals surface area contributed by atoms with Crippen molar-refractivity contribution in [2.24, 2.45) is 16.3 Å². The lowest BCUT2D eigenvalue weighted by atomic mass is 9.46. The number of rotatable bonds is 7. The van der Waals surface area contributed by atoms with Gasteiger partial charge in [-0.15, -0.1) is 0 Å². The molecular weight excluding hydrogens is 354 g/mol. The van der Waals surface area contributed by atoms with E-state index in [1.54, 1.807) is 7.11 Å². The summed E-state index contributed by atoms with van der Waals surface area (Å²) in [4.78, 5) is 4.81. The number of para-hydroxylation sites is 2. The Morgan fingerprint density at radius 2 is 2.11 bits per heavy atom. The maximum atomic E-state index is 6.05. The molecule has 4 atom stereocenters. The van der Waals surface area contributed by atoms with Crippen molar-refractivity contribution in [3.63, 3.8) is 0 Å². The second-order valence-corrected chi connectivity index (χ2v) is 8.25. The van der Waals surface area contributed by atoms with Crippen molar-refractivity contribution < 1.29 is 14.2 Å². The Morgan fingerprint density at radius 1 is 1.32 bits per heavy atom. The molecule has 0 bridgehead atoms. The van der Waals surface area contributed by atoms with Gasteiger partial charge in [-0.2, -0.15) is 0 Å². The fourth-order valence-electron chi connectivity index (χ4n) is 5.11. The molecule has 2 N–H and O–H groups in total. The highest BCUT2D eigenvalue weighted by atomic mass is 16.5. The first kappa shape index (κ1) is 19.4. The lowest BCUT2D eigenvalue weighted by Gasteiger charge is -2.63. The Kier molecular flexibility index (Phi) is 5.67. The predicted molar refractivity (Wildman–Crippen MR) is 110 cm³/mol. The summed E-state index contributed by atoms with van der Waals surface area (Å²) < 4.78 is 17.5. The van der Waals surface area contributed by atoms with E-state index in [0.717, 1.165) is 37.0 Å². The summed E-state index contributed by atoms with van der Waals surface area (Å²) in [6.45, 7) is 6.48. The number of nitrogens with one attached hydrogen (secondary N) is 2. The van der Waals surface area contributed by atoms with Crippen molar-refractivity contribution >= 4 is 5.96 Å². The topological polar surface area (TPSA) is 64.1 Å². The molecule has 3 aliphatic rings. The van der Waals surface area contributed by atoms with Crippen LogP contribution in [0.15, 0.2) is 29.3 Å². The zero-order valence-electron chi connectivity index (χ0n) is 17.2. The Hall–Kier alpha value is -1.95. The van der Waals surface area contributed by atoms with Gasteiger partial charge in [0.25, 0.3) is 0 Å². The second kappa shape index (κ2) is 8.19. The summed E-state index contributed by atoms with van der Waals surface area (Å²) in [6, 6.07) is 8.21. The van der Waals surface area contributed by atoms with Crippen LogP contribution in [0.2, 0.25) is 0 Å². The lowest BCUT2D eigenvalue weighted by molar-refractivity contribution is -0.171. The Bertz CT molecular complexity index is 704. The van der Waals surface area contributed by atoms with Crippen LogP contribution in [0.5, 0.6) is 11.5 Å². The quantitative estimate of drug-likeness (QED) is 0.556. The highest BCUT2D eigenvalue weighted by Gasteiger charge is 2.66. The van der Waals surface area contributed by atoms with Gasteiger partial charge in [-0.05, 0) is 45.2 Å². The summed E-state index contributed by atoms with van der Waals surface area (Å²) in [5, 5.41) is 7.15. The number of nitrogens with zero attached hydrogens (tertiary/aromatic N) is 1. The molecule has 0 aromatic heterocycles. The second-order valence-electron chi connectivity index (χ2n) is 8.25.